The minimum atomic E-state index is 0.450. The van der Waals surface area contributed by atoms with Crippen LogP contribution >= 0.6 is 11.6 Å². The van der Waals surface area contributed by atoms with E-state index < -0.39 is 0 Å². The molecular weight excluding hydrogens is 374 g/mol. The number of likely N-dealkylation sites (N-methyl/N-ethyl adjacent to an activating group) is 2. The Hall–Kier alpha value is -1.50. The molecule has 1 aromatic carbocycles. The summed E-state index contributed by atoms with van der Waals surface area (Å²) in [7, 11) is 2.05. The van der Waals surface area contributed by atoms with E-state index in [9.17, 15) is 0 Å². The monoisotopic (exact) mass is 409 g/mol. The van der Waals surface area contributed by atoms with E-state index in [1.807, 2.05) is 24.3 Å². The molecule has 2 rings (SSSR count). The highest BCUT2D eigenvalue weighted by Gasteiger charge is 2.20. The molecule has 1 aliphatic heterocycles. The van der Waals surface area contributed by atoms with Crippen molar-refractivity contribution in [3.63, 3.8) is 0 Å². The van der Waals surface area contributed by atoms with Crippen molar-refractivity contribution >= 4 is 17.6 Å². The molecule has 6 nitrogen and oxygen atoms in total. The SMILES string of the molecule is CCNC(=NCC(C)N1CCN(CC)CC1)N(C)CCOc1ccc(Cl)cc1. The van der Waals surface area contributed by atoms with E-state index >= 15 is 0 Å². The Morgan fingerprint density at radius 1 is 1.21 bits per heavy atom. The molecule has 1 saturated heterocycles. The molecule has 0 amide bonds. The molecule has 158 valence electrons. The maximum atomic E-state index is 5.91. The van der Waals surface area contributed by atoms with Crippen LogP contribution < -0.4 is 10.1 Å². The summed E-state index contributed by atoms with van der Waals surface area (Å²) in [4.78, 5) is 12.0. The number of benzene rings is 1. The number of hydrogen-bond donors (Lipinski definition) is 1. The molecule has 0 aromatic heterocycles. The number of hydrogen-bond acceptors (Lipinski definition) is 4. The number of guanidine groups is 1. The van der Waals surface area contributed by atoms with Crippen LogP contribution in [-0.4, -0.2) is 92.7 Å². The largest absolute Gasteiger partial charge is 0.492 e. The molecule has 0 saturated carbocycles. The van der Waals surface area contributed by atoms with E-state index in [0.717, 1.165) is 69.1 Å². The Kier molecular flexibility index (Phi) is 9.88. The molecule has 28 heavy (non-hydrogen) atoms. The van der Waals surface area contributed by atoms with Gasteiger partial charge in [0.1, 0.15) is 12.4 Å². The first-order valence-corrected chi connectivity index (χ1v) is 10.8. The van der Waals surface area contributed by atoms with Crippen LogP contribution in [0.25, 0.3) is 0 Å². The zero-order valence-electron chi connectivity index (χ0n) is 17.8. The molecule has 1 N–H and O–H groups in total. The molecule has 7 heteroatoms. The fraction of sp³-hybridized carbons (Fsp3) is 0.667. The summed E-state index contributed by atoms with van der Waals surface area (Å²) in [5.74, 6) is 1.76. The quantitative estimate of drug-likeness (QED) is 0.501. The fourth-order valence-corrected chi connectivity index (χ4v) is 3.39. The highest BCUT2D eigenvalue weighted by Crippen LogP contribution is 2.15. The van der Waals surface area contributed by atoms with Crippen LogP contribution in [-0.2, 0) is 0 Å². The number of aliphatic imine (C=N–C) groups is 1. The lowest BCUT2D eigenvalue weighted by atomic mass is 10.2. The summed E-state index contributed by atoms with van der Waals surface area (Å²) in [6, 6.07) is 7.91. The molecule has 1 fully saturated rings. The second-order valence-corrected chi connectivity index (χ2v) is 7.67. The smallest absolute Gasteiger partial charge is 0.193 e. The Morgan fingerprint density at radius 2 is 1.89 bits per heavy atom. The van der Waals surface area contributed by atoms with Crippen molar-refractivity contribution in [3.05, 3.63) is 29.3 Å². The summed E-state index contributed by atoms with van der Waals surface area (Å²) >= 11 is 5.91. The third-order valence-corrected chi connectivity index (χ3v) is 5.44. The van der Waals surface area contributed by atoms with Crippen LogP contribution in [0.3, 0.4) is 0 Å². The fourth-order valence-electron chi connectivity index (χ4n) is 3.26. The van der Waals surface area contributed by atoms with Gasteiger partial charge in [0, 0.05) is 50.8 Å². The number of piperazine rings is 1. The predicted octanol–water partition coefficient (Wildman–Crippen LogP) is 2.64. The van der Waals surface area contributed by atoms with Gasteiger partial charge in [0.15, 0.2) is 5.96 Å². The van der Waals surface area contributed by atoms with Crippen LogP contribution in [0.1, 0.15) is 20.8 Å². The topological polar surface area (TPSA) is 43.3 Å². The molecule has 0 bridgehead atoms. The van der Waals surface area contributed by atoms with E-state index in [4.69, 9.17) is 21.3 Å². The highest BCUT2D eigenvalue weighted by atomic mass is 35.5. The molecule has 0 radical (unpaired) electrons. The van der Waals surface area contributed by atoms with Crippen molar-refractivity contribution in [1.29, 1.82) is 0 Å². The third-order valence-electron chi connectivity index (χ3n) is 5.19. The Balaban J connectivity index is 1.80. The molecule has 0 aliphatic carbocycles. The van der Waals surface area contributed by atoms with Gasteiger partial charge in [0.25, 0.3) is 0 Å². The highest BCUT2D eigenvalue weighted by molar-refractivity contribution is 6.30. The number of ether oxygens (including phenoxy) is 1. The van der Waals surface area contributed by atoms with Gasteiger partial charge in [-0.1, -0.05) is 18.5 Å². The lowest BCUT2D eigenvalue weighted by molar-refractivity contribution is 0.109. The molecular formula is C21H36ClN5O. The Labute approximate surface area is 175 Å². The van der Waals surface area contributed by atoms with E-state index in [-0.39, 0.29) is 0 Å². The molecule has 1 aliphatic rings. The summed E-state index contributed by atoms with van der Waals surface area (Å²) in [5, 5.41) is 4.11. The van der Waals surface area contributed by atoms with Crippen molar-refractivity contribution in [2.75, 3.05) is 66.0 Å². The molecule has 1 unspecified atom stereocenters. The van der Waals surface area contributed by atoms with Gasteiger partial charge >= 0.3 is 0 Å². The van der Waals surface area contributed by atoms with Crippen LogP contribution in [0.5, 0.6) is 5.75 Å². The van der Waals surface area contributed by atoms with Gasteiger partial charge in [0.2, 0.25) is 0 Å². The van der Waals surface area contributed by atoms with Gasteiger partial charge < -0.3 is 19.9 Å². The first kappa shape index (κ1) is 22.8. The number of halogens is 1. The molecule has 1 atom stereocenters. The lowest BCUT2D eigenvalue weighted by Crippen LogP contribution is -2.50. The zero-order chi connectivity index (χ0) is 20.4. The minimum Gasteiger partial charge on any atom is -0.492 e. The van der Waals surface area contributed by atoms with E-state index in [2.05, 4.69) is 47.8 Å². The maximum Gasteiger partial charge on any atom is 0.193 e. The van der Waals surface area contributed by atoms with Crippen LogP contribution in [0, 0.1) is 0 Å². The maximum absolute atomic E-state index is 5.91. The van der Waals surface area contributed by atoms with Gasteiger partial charge in [-0.3, -0.25) is 9.89 Å². The predicted molar refractivity (Wildman–Crippen MR) is 119 cm³/mol. The molecule has 1 heterocycles. The van der Waals surface area contributed by atoms with Crippen LogP contribution in [0.2, 0.25) is 5.02 Å². The third kappa shape index (κ3) is 7.49. The number of rotatable bonds is 9. The second kappa shape index (κ2) is 12.1. The zero-order valence-corrected chi connectivity index (χ0v) is 18.6. The summed E-state index contributed by atoms with van der Waals surface area (Å²) in [6.45, 7) is 15.3. The number of nitrogens with zero attached hydrogens (tertiary/aromatic N) is 4. The van der Waals surface area contributed by atoms with E-state index in [1.165, 1.54) is 0 Å². The molecule has 1 aromatic rings. The van der Waals surface area contributed by atoms with Gasteiger partial charge in [-0.15, -0.1) is 0 Å². The normalized spacial score (nSPS) is 17.4. The minimum absolute atomic E-state index is 0.450. The standard InChI is InChI=1S/C21H36ClN5O/c1-5-23-21(24-17-18(3)27-13-11-26(6-2)12-14-27)25(4)15-16-28-20-9-7-19(22)8-10-20/h7-10,18H,5-6,11-17H2,1-4H3,(H,23,24). The van der Waals surface area contributed by atoms with Gasteiger partial charge in [-0.25, -0.2) is 0 Å². The van der Waals surface area contributed by atoms with Crippen molar-refractivity contribution < 1.29 is 4.74 Å². The number of nitrogens with one attached hydrogen (secondary N) is 1. The van der Waals surface area contributed by atoms with Crippen LogP contribution in [0.4, 0.5) is 0 Å². The van der Waals surface area contributed by atoms with Crippen molar-refractivity contribution in [2.45, 2.75) is 26.8 Å². The van der Waals surface area contributed by atoms with Crippen LogP contribution in [0.15, 0.2) is 29.3 Å². The average molecular weight is 410 g/mol. The van der Waals surface area contributed by atoms with E-state index in [0.29, 0.717) is 12.6 Å². The van der Waals surface area contributed by atoms with Gasteiger partial charge in [-0.05, 0) is 44.7 Å². The lowest BCUT2D eigenvalue weighted by Gasteiger charge is -2.37. The van der Waals surface area contributed by atoms with Crippen molar-refractivity contribution in [3.8, 4) is 5.75 Å². The van der Waals surface area contributed by atoms with Gasteiger partial charge in [-0.2, -0.15) is 0 Å². The Bertz CT molecular complexity index is 587. The molecule has 0 spiro atoms. The second-order valence-electron chi connectivity index (χ2n) is 7.24. The first-order valence-electron chi connectivity index (χ1n) is 10.4. The Morgan fingerprint density at radius 3 is 2.50 bits per heavy atom. The van der Waals surface area contributed by atoms with Gasteiger partial charge in [0.05, 0.1) is 13.1 Å². The van der Waals surface area contributed by atoms with Crippen molar-refractivity contribution in [2.24, 2.45) is 4.99 Å². The van der Waals surface area contributed by atoms with E-state index in [1.54, 1.807) is 0 Å². The van der Waals surface area contributed by atoms with Crippen molar-refractivity contribution in [1.82, 2.24) is 20.0 Å². The average Bonchev–Trinajstić information content (AvgIpc) is 2.72. The summed E-state index contributed by atoms with van der Waals surface area (Å²) in [5.41, 5.74) is 0. The first-order chi connectivity index (χ1) is 13.5. The summed E-state index contributed by atoms with van der Waals surface area (Å²) in [6.07, 6.45) is 0. The summed E-state index contributed by atoms with van der Waals surface area (Å²) < 4.78 is 5.81.